The van der Waals surface area contributed by atoms with Gasteiger partial charge in [0.2, 0.25) is 5.91 Å². The van der Waals surface area contributed by atoms with Crippen LogP contribution in [0.3, 0.4) is 0 Å². The zero-order valence-electron chi connectivity index (χ0n) is 17.5. The molecule has 5 nitrogen and oxygen atoms in total. The Morgan fingerprint density at radius 2 is 1.81 bits per heavy atom. The van der Waals surface area contributed by atoms with E-state index in [4.69, 9.17) is 0 Å². The van der Waals surface area contributed by atoms with Crippen LogP contribution in [0.4, 0.5) is 8.78 Å². The van der Waals surface area contributed by atoms with Crippen LogP contribution in [0.15, 0.2) is 54.6 Å². The molecule has 0 radical (unpaired) electrons. The number of benzene rings is 2. The van der Waals surface area contributed by atoms with E-state index in [9.17, 15) is 13.6 Å². The smallest absolute Gasteiger partial charge is 0.224 e. The minimum Gasteiger partial charge on any atom is -0.353 e. The van der Waals surface area contributed by atoms with Gasteiger partial charge in [0.1, 0.15) is 11.6 Å². The highest BCUT2D eigenvalue weighted by Crippen LogP contribution is 2.21. The van der Waals surface area contributed by atoms with Crippen LogP contribution in [0.25, 0.3) is 11.3 Å². The lowest BCUT2D eigenvalue weighted by atomic mass is 10.0. The molecule has 0 saturated carbocycles. The average Bonchev–Trinajstić information content (AvgIpc) is 3.12. The molecule has 0 bridgehead atoms. The van der Waals surface area contributed by atoms with Crippen molar-refractivity contribution >= 4 is 5.91 Å². The molecule has 7 heteroatoms. The maximum atomic E-state index is 13.7. The van der Waals surface area contributed by atoms with Gasteiger partial charge in [-0.1, -0.05) is 18.2 Å². The van der Waals surface area contributed by atoms with Crippen LogP contribution < -0.4 is 5.32 Å². The third-order valence-electron chi connectivity index (χ3n) is 5.76. The fourth-order valence-corrected chi connectivity index (χ4v) is 3.97. The Kier molecular flexibility index (Phi) is 6.42. The number of piperidine rings is 1. The largest absolute Gasteiger partial charge is 0.353 e. The van der Waals surface area contributed by atoms with Crippen molar-refractivity contribution in [2.45, 2.75) is 31.8 Å². The minimum absolute atomic E-state index is 0.0636. The summed E-state index contributed by atoms with van der Waals surface area (Å²) in [4.78, 5) is 14.6. The van der Waals surface area contributed by atoms with Crippen molar-refractivity contribution in [1.82, 2.24) is 20.0 Å². The van der Waals surface area contributed by atoms with Gasteiger partial charge in [0, 0.05) is 38.3 Å². The Morgan fingerprint density at radius 1 is 1.10 bits per heavy atom. The van der Waals surface area contributed by atoms with Crippen molar-refractivity contribution in [1.29, 1.82) is 0 Å². The number of hydrogen-bond acceptors (Lipinski definition) is 3. The van der Waals surface area contributed by atoms with Gasteiger partial charge in [-0.25, -0.2) is 8.78 Å². The number of hydrogen-bond donors (Lipinski definition) is 1. The molecule has 1 aromatic heterocycles. The molecule has 1 fully saturated rings. The van der Waals surface area contributed by atoms with Crippen LogP contribution in [0, 0.1) is 11.6 Å². The molecule has 162 valence electrons. The summed E-state index contributed by atoms with van der Waals surface area (Å²) in [6.07, 6.45) is 1.77. The van der Waals surface area contributed by atoms with Gasteiger partial charge >= 0.3 is 0 Å². The van der Waals surface area contributed by atoms with Crippen LogP contribution >= 0.6 is 0 Å². The molecule has 0 atom stereocenters. The van der Waals surface area contributed by atoms with Crippen LogP contribution in [-0.2, 0) is 24.8 Å². The van der Waals surface area contributed by atoms with Crippen molar-refractivity contribution in [3.63, 3.8) is 0 Å². The lowest BCUT2D eigenvalue weighted by Gasteiger charge is -2.32. The second-order valence-corrected chi connectivity index (χ2v) is 8.04. The van der Waals surface area contributed by atoms with Gasteiger partial charge in [0.15, 0.2) is 0 Å². The summed E-state index contributed by atoms with van der Waals surface area (Å²) in [6.45, 7) is 2.49. The van der Waals surface area contributed by atoms with E-state index in [0.29, 0.717) is 5.56 Å². The molecule has 0 aliphatic carbocycles. The molecule has 1 aliphatic heterocycles. The first-order valence-corrected chi connectivity index (χ1v) is 10.5. The van der Waals surface area contributed by atoms with Gasteiger partial charge in [-0.3, -0.25) is 14.4 Å². The molecular weight excluding hydrogens is 398 g/mol. The molecule has 31 heavy (non-hydrogen) atoms. The van der Waals surface area contributed by atoms with Crippen molar-refractivity contribution in [3.8, 4) is 11.3 Å². The predicted molar refractivity (Wildman–Crippen MR) is 115 cm³/mol. The SMILES string of the molecule is Cn1nc(-c2ccc(F)cc2)cc1CN1CCC(NC(=O)Cc2ccccc2F)CC1. The van der Waals surface area contributed by atoms with Gasteiger partial charge in [-0.2, -0.15) is 5.10 Å². The van der Waals surface area contributed by atoms with E-state index < -0.39 is 0 Å². The Hall–Kier alpha value is -3.06. The fraction of sp³-hybridized carbons (Fsp3) is 0.333. The molecule has 1 amide bonds. The highest BCUT2D eigenvalue weighted by molar-refractivity contribution is 5.78. The number of nitrogens with zero attached hydrogens (tertiary/aromatic N) is 3. The highest BCUT2D eigenvalue weighted by Gasteiger charge is 2.22. The number of halogens is 2. The normalized spacial score (nSPS) is 15.2. The van der Waals surface area contributed by atoms with Crippen LogP contribution in [0.2, 0.25) is 0 Å². The summed E-state index contributed by atoms with van der Waals surface area (Å²) >= 11 is 0. The Labute approximate surface area is 180 Å². The van der Waals surface area contributed by atoms with E-state index >= 15 is 0 Å². The van der Waals surface area contributed by atoms with Crippen LogP contribution in [0.1, 0.15) is 24.1 Å². The fourth-order valence-electron chi connectivity index (χ4n) is 3.97. The number of carbonyl (C=O) groups is 1. The topological polar surface area (TPSA) is 50.2 Å². The molecule has 1 N–H and O–H groups in total. The number of aromatic nitrogens is 2. The maximum absolute atomic E-state index is 13.7. The molecule has 2 heterocycles. The summed E-state index contributed by atoms with van der Waals surface area (Å²) < 4.78 is 28.8. The first kappa shape index (κ1) is 21.2. The third kappa shape index (κ3) is 5.35. The summed E-state index contributed by atoms with van der Waals surface area (Å²) in [5.41, 5.74) is 3.22. The number of aryl methyl sites for hydroxylation is 1. The summed E-state index contributed by atoms with van der Waals surface area (Å²) in [7, 11) is 1.91. The quantitative estimate of drug-likeness (QED) is 0.657. The molecule has 0 unspecified atom stereocenters. The van der Waals surface area contributed by atoms with Gasteiger partial charge in [0.25, 0.3) is 0 Å². The summed E-state index contributed by atoms with van der Waals surface area (Å²) in [5.74, 6) is -0.744. The van der Waals surface area contributed by atoms with Gasteiger partial charge in [-0.15, -0.1) is 0 Å². The monoisotopic (exact) mass is 424 g/mol. The van der Waals surface area contributed by atoms with E-state index in [2.05, 4.69) is 15.3 Å². The average molecular weight is 424 g/mol. The van der Waals surface area contributed by atoms with E-state index in [1.54, 1.807) is 30.3 Å². The van der Waals surface area contributed by atoms with E-state index in [1.807, 2.05) is 17.8 Å². The number of carbonyl (C=O) groups excluding carboxylic acids is 1. The zero-order chi connectivity index (χ0) is 21.8. The second kappa shape index (κ2) is 9.39. The minimum atomic E-state index is -0.344. The second-order valence-electron chi connectivity index (χ2n) is 8.04. The number of rotatable bonds is 6. The van der Waals surface area contributed by atoms with Gasteiger partial charge in [-0.05, 0) is 54.8 Å². The number of nitrogens with one attached hydrogen (secondary N) is 1. The molecule has 0 spiro atoms. The Morgan fingerprint density at radius 3 is 2.52 bits per heavy atom. The standard InChI is InChI=1S/C24H26F2N4O/c1-29-21(15-23(28-29)17-6-8-19(25)9-7-17)16-30-12-10-20(11-13-30)27-24(31)14-18-4-2-3-5-22(18)26/h2-9,15,20H,10-14,16H2,1H3,(H,27,31). The lowest BCUT2D eigenvalue weighted by molar-refractivity contribution is -0.121. The molecule has 2 aromatic carbocycles. The maximum Gasteiger partial charge on any atom is 0.224 e. The molecular formula is C24H26F2N4O. The Bertz CT molecular complexity index is 1040. The van der Waals surface area contributed by atoms with E-state index in [1.165, 1.54) is 18.2 Å². The molecule has 3 aromatic rings. The van der Waals surface area contributed by atoms with E-state index in [-0.39, 0.29) is 30.0 Å². The van der Waals surface area contributed by atoms with Crippen molar-refractivity contribution < 1.29 is 13.6 Å². The first-order valence-electron chi connectivity index (χ1n) is 10.5. The lowest BCUT2D eigenvalue weighted by Crippen LogP contribution is -2.45. The van der Waals surface area contributed by atoms with Crippen molar-refractivity contribution in [2.75, 3.05) is 13.1 Å². The van der Waals surface area contributed by atoms with Crippen molar-refractivity contribution in [3.05, 3.63) is 77.5 Å². The Balaban J connectivity index is 1.28. The predicted octanol–water partition coefficient (Wildman–Crippen LogP) is 3.69. The van der Waals surface area contributed by atoms with Crippen molar-refractivity contribution in [2.24, 2.45) is 7.05 Å². The van der Waals surface area contributed by atoms with Crippen LogP contribution in [0.5, 0.6) is 0 Å². The third-order valence-corrected chi connectivity index (χ3v) is 5.76. The number of likely N-dealkylation sites (tertiary alicyclic amines) is 1. The van der Waals surface area contributed by atoms with Gasteiger partial charge in [0.05, 0.1) is 17.8 Å². The molecule has 4 rings (SSSR count). The molecule has 1 saturated heterocycles. The highest BCUT2D eigenvalue weighted by atomic mass is 19.1. The van der Waals surface area contributed by atoms with Gasteiger partial charge < -0.3 is 5.32 Å². The summed E-state index contributed by atoms with van der Waals surface area (Å²) in [5, 5.41) is 7.60. The van der Waals surface area contributed by atoms with E-state index in [0.717, 1.165) is 49.4 Å². The number of amides is 1. The molecule has 1 aliphatic rings. The zero-order valence-corrected chi connectivity index (χ0v) is 17.5. The first-order chi connectivity index (χ1) is 15.0. The van der Waals surface area contributed by atoms with Crippen LogP contribution in [-0.4, -0.2) is 39.7 Å². The summed E-state index contributed by atoms with van der Waals surface area (Å²) in [6, 6.07) is 14.9.